The molecule has 276 valence electrons. The van der Waals surface area contributed by atoms with Gasteiger partial charge in [-0.05, 0) is 122 Å². The fourth-order valence-corrected chi connectivity index (χ4v) is 39.4. The Morgan fingerprint density at radius 3 is 1.51 bits per heavy atom. The Bertz CT molecular complexity index is 979. The van der Waals surface area contributed by atoms with Crippen molar-refractivity contribution in [3.63, 3.8) is 0 Å². The first-order valence-electron chi connectivity index (χ1n) is 17.2. The highest BCUT2D eigenvalue weighted by atomic mass is 28.5. The zero-order chi connectivity index (χ0) is 36.6. The van der Waals surface area contributed by atoms with Gasteiger partial charge in [0, 0.05) is 13.0 Å². The summed E-state index contributed by atoms with van der Waals surface area (Å²) in [5.41, 5.74) is 0. The molecule has 0 rings (SSSR count). The second-order valence-corrected chi connectivity index (χ2v) is 42.8. The molecular formula is C30H69NO9Si7. The quantitative estimate of drug-likeness (QED) is 0.0398. The minimum Gasteiger partial charge on any atom is -0.456 e. The number of carbonyl (C=O) groups is 2. The van der Waals surface area contributed by atoms with Gasteiger partial charge in [-0.3, -0.25) is 4.79 Å². The predicted octanol–water partition coefficient (Wildman–Crippen LogP) is 9.04. The molecule has 1 atom stereocenters. The lowest BCUT2D eigenvalue weighted by molar-refractivity contribution is -0.138. The maximum Gasteiger partial charge on any atom is 0.411 e. The van der Waals surface area contributed by atoms with Gasteiger partial charge in [-0.25, -0.2) is 4.79 Å². The Kier molecular flexibility index (Phi) is 20.8. The summed E-state index contributed by atoms with van der Waals surface area (Å²) in [5.74, 6) is -0.207. The third-order valence-electron chi connectivity index (χ3n) is 7.37. The van der Waals surface area contributed by atoms with Gasteiger partial charge in [-0.2, -0.15) is 0 Å². The monoisotopic (exact) mass is 783 g/mol. The molecule has 0 bridgehead atoms. The molecule has 0 fully saturated rings. The van der Waals surface area contributed by atoms with Crippen LogP contribution in [0, 0.1) is 0 Å². The standard InChI is InChI=1S/C30H69NO9Si7/c1-16-34-29(32)23-19-18-21-25-42(4,5)38-44(8,9)27-28-45(10,11)40-47(14,15)37-41(3)36-46(12,13)39-43(6,7)26-22-20-24-31-30(33)35-17-2/h16-17,41H,1-2,18-28H2,3-15H3,(H,31,33). The van der Waals surface area contributed by atoms with Crippen LogP contribution in [0.4, 0.5) is 4.79 Å². The first-order valence-corrected chi connectivity index (χ1v) is 37.3. The van der Waals surface area contributed by atoms with Gasteiger partial charge in [0.15, 0.2) is 33.3 Å². The van der Waals surface area contributed by atoms with Gasteiger partial charge in [-0.15, -0.1) is 0 Å². The van der Waals surface area contributed by atoms with Gasteiger partial charge in [-0.1, -0.05) is 32.4 Å². The van der Waals surface area contributed by atoms with Gasteiger partial charge in [0.05, 0.1) is 12.5 Å². The Hall–Kier alpha value is -0.462. The molecule has 17 heteroatoms. The molecule has 0 aliphatic carbocycles. The average Bonchev–Trinajstić information content (AvgIpc) is 2.84. The van der Waals surface area contributed by atoms with Crippen LogP contribution in [-0.2, 0) is 34.8 Å². The van der Waals surface area contributed by atoms with Crippen LogP contribution in [0.5, 0.6) is 0 Å². The van der Waals surface area contributed by atoms with Crippen molar-refractivity contribution >= 4 is 71.7 Å². The number of rotatable bonds is 26. The molecule has 47 heavy (non-hydrogen) atoms. The molecule has 0 saturated heterocycles. The van der Waals surface area contributed by atoms with E-state index in [1.54, 1.807) is 0 Å². The normalized spacial score (nSPS) is 14.0. The molecule has 1 amide bonds. The lowest BCUT2D eigenvalue weighted by Gasteiger charge is -2.40. The van der Waals surface area contributed by atoms with Crippen molar-refractivity contribution in [1.29, 1.82) is 0 Å². The van der Waals surface area contributed by atoms with Crippen LogP contribution in [0.25, 0.3) is 0 Å². The van der Waals surface area contributed by atoms with E-state index in [0.29, 0.717) is 13.0 Å². The SMILES string of the molecule is C=COC(=O)CCCCC[Si](C)(C)O[Si](C)(C)CC[Si](C)(C)O[Si](C)(C)O[SiH](C)O[Si](C)(C)O[Si](C)(C)CCCCNC(=O)OC=C. The largest absolute Gasteiger partial charge is 0.456 e. The van der Waals surface area contributed by atoms with Crippen molar-refractivity contribution < 1.29 is 39.6 Å². The lowest BCUT2D eigenvalue weighted by atomic mass is 10.2. The summed E-state index contributed by atoms with van der Waals surface area (Å²) in [5, 5.41) is 2.72. The van der Waals surface area contributed by atoms with E-state index >= 15 is 0 Å². The number of ether oxygens (including phenoxy) is 2. The topological polar surface area (TPSA) is 111 Å². The summed E-state index contributed by atoms with van der Waals surface area (Å²) in [7, 11) is -14.4. The zero-order valence-corrected chi connectivity index (χ0v) is 39.3. The van der Waals surface area contributed by atoms with E-state index in [0.717, 1.165) is 62.5 Å². The number of alkyl carbamates (subject to hydrolysis) is 1. The highest BCUT2D eigenvalue weighted by molar-refractivity contribution is 6.88. The number of hydrogen-bond donors (Lipinski definition) is 1. The molecule has 0 radical (unpaired) electrons. The molecule has 0 aromatic carbocycles. The van der Waals surface area contributed by atoms with Crippen molar-refractivity contribution in [3.05, 3.63) is 25.7 Å². The number of amides is 1. The molecule has 1 N–H and O–H groups in total. The third kappa shape index (κ3) is 25.2. The highest BCUT2D eigenvalue weighted by Gasteiger charge is 2.41. The summed E-state index contributed by atoms with van der Waals surface area (Å²) in [6, 6.07) is 4.21. The second kappa shape index (κ2) is 21.0. The smallest absolute Gasteiger partial charge is 0.411 e. The molecule has 1 unspecified atom stereocenters. The van der Waals surface area contributed by atoms with Gasteiger partial charge in [0.25, 0.3) is 0 Å². The summed E-state index contributed by atoms with van der Waals surface area (Å²) >= 11 is 0. The molecule has 0 heterocycles. The van der Waals surface area contributed by atoms with Crippen LogP contribution in [0.2, 0.25) is 109 Å². The fourth-order valence-electron chi connectivity index (χ4n) is 5.89. The van der Waals surface area contributed by atoms with E-state index in [4.69, 9.17) is 25.3 Å². The van der Waals surface area contributed by atoms with Crippen molar-refractivity contribution in [2.24, 2.45) is 0 Å². The van der Waals surface area contributed by atoms with E-state index in [2.05, 4.69) is 108 Å². The molecule has 0 spiro atoms. The van der Waals surface area contributed by atoms with E-state index in [-0.39, 0.29) is 5.97 Å². The third-order valence-corrected chi connectivity index (χ3v) is 33.9. The van der Waals surface area contributed by atoms with Crippen molar-refractivity contribution in [3.8, 4) is 0 Å². The van der Waals surface area contributed by atoms with Crippen LogP contribution < -0.4 is 5.32 Å². The van der Waals surface area contributed by atoms with Gasteiger partial charge in [0.2, 0.25) is 0 Å². The first-order chi connectivity index (χ1) is 21.3. The van der Waals surface area contributed by atoms with Crippen LogP contribution in [-0.4, -0.2) is 78.3 Å². The fraction of sp³-hybridized carbons (Fsp3) is 0.800. The number of unbranched alkanes of at least 4 members (excludes halogenated alkanes) is 3. The van der Waals surface area contributed by atoms with Crippen molar-refractivity contribution in [2.75, 3.05) is 6.54 Å². The minimum absolute atomic E-state index is 0.207. The van der Waals surface area contributed by atoms with Crippen LogP contribution in [0.1, 0.15) is 38.5 Å². The predicted molar refractivity (Wildman–Crippen MR) is 211 cm³/mol. The maximum absolute atomic E-state index is 11.5. The first kappa shape index (κ1) is 46.5. The maximum atomic E-state index is 11.5. The number of carbonyl (C=O) groups excluding carboxylic acids is 2. The van der Waals surface area contributed by atoms with Gasteiger partial charge in [0.1, 0.15) is 0 Å². The zero-order valence-electron chi connectivity index (χ0n) is 32.1. The van der Waals surface area contributed by atoms with Crippen LogP contribution >= 0.6 is 0 Å². The molecule has 0 aromatic rings. The van der Waals surface area contributed by atoms with Gasteiger partial charge >= 0.3 is 38.5 Å². The Balaban J connectivity index is 4.77. The summed E-state index contributed by atoms with van der Waals surface area (Å²) in [4.78, 5) is 22.9. The van der Waals surface area contributed by atoms with E-state index in [1.807, 2.05) is 0 Å². The minimum atomic E-state index is -2.42. The number of esters is 1. The Morgan fingerprint density at radius 1 is 0.596 bits per heavy atom. The highest BCUT2D eigenvalue weighted by Crippen LogP contribution is 2.30. The van der Waals surface area contributed by atoms with Crippen molar-refractivity contribution in [1.82, 2.24) is 5.32 Å². The van der Waals surface area contributed by atoms with E-state index < -0.39 is 65.8 Å². The molecule has 10 nitrogen and oxygen atoms in total. The van der Waals surface area contributed by atoms with Crippen molar-refractivity contribution in [2.45, 2.75) is 148 Å². The summed E-state index contributed by atoms with van der Waals surface area (Å²) in [6.07, 6.45) is 7.05. The van der Waals surface area contributed by atoms with E-state index in [1.165, 1.54) is 6.26 Å². The van der Waals surface area contributed by atoms with E-state index in [9.17, 15) is 9.59 Å². The lowest BCUT2D eigenvalue weighted by Crippen LogP contribution is -2.54. The Labute approximate surface area is 295 Å². The molecule has 0 aromatic heterocycles. The van der Waals surface area contributed by atoms with Crippen LogP contribution in [0.15, 0.2) is 25.7 Å². The molecule has 0 aliphatic heterocycles. The van der Waals surface area contributed by atoms with Gasteiger partial charge < -0.3 is 35.4 Å². The summed E-state index contributed by atoms with van der Waals surface area (Å²) < 4.78 is 43.1. The van der Waals surface area contributed by atoms with Crippen LogP contribution in [0.3, 0.4) is 0 Å². The second-order valence-electron chi connectivity index (χ2n) is 15.6. The number of nitrogens with one attached hydrogen (secondary N) is 1. The number of hydrogen-bond acceptors (Lipinski definition) is 9. The average molecular weight is 784 g/mol. The summed E-state index contributed by atoms with van der Waals surface area (Å²) in [6.45, 7) is 36.4. The molecule has 0 saturated carbocycles. The Morgan fingerprint density at radius 2 is 1.02 bits per heavy atom. The molecule has 0 aliphatic rings. The molecular weight excluding hydrogens is 715 g/mol.